The lowest BCUT2D eigenvalue weighted by Crippen LogP contribution is -2.24. The van der Waals surface area contributed by atoms with E-state index in [1.54, 1.807) is 24.0 Å². The minimum Gasteiger partial charge on any atom is -0.271 e. The minimum atomic E-state index is -3.58. The highest BCUT2D eigenvalue weighted by Crippen LogP contribution is 2.11. The predicted molar refractivity (Wildman–Crippen MR) is 66.5 cm³/mol. The molecule has 0 atom stereocenters. The summed E-state index contributed by atoms with van der Waals surface area (Å²) in [6, 6.07) is 4.57. The van der Waals surface area contributed by atoms with Gasteiger partial charge in [-0.15, -0.1) is 0 Å². The fourth-order valence-corrected chi connectivity index (χ4v) is 2.40. The van der Waals surface area contributed by atoms with Gasteiger partial charge in [0.05, 0.1) is 12.2 Å². The number of hydrogen-bond acceptors (Lipinski definition) is 4. The number of rotatable bonds is 4. The Bertz CT molecular complexity index is 636. The van der Waals surface area contributed by atoms with Gasteiger partial charge in [0.2, 0.25) is 10.0 Å². The molecule has 0 amide bonds. The van der Waals surface area contributed by atoms with Gasteiger partial charge in [-0.25, -0.2) is 18.1 Å². The molecule has 96 valence electrons. The zero-order valence-electron chi connectivity index (χ0n) is 9.54. The van der Waals surface area contributed by atoms with Crippen molar-refractivity contribution < 1.29 is 8.42 Å². The van der Waals surface area contributed by atoms with Crippen molar-refractivity contribution >= 4 is 21.6 Å². The Morgan fingerprint density at radius 1 is 1.39 bits per heavy atom. The van der Waals surface area contributed by atoms with Crippen molar-refractivity contribution in [3.8, 4) is 0 Å². The molecule has 1 N–H and O–H groups in total. The molecule has 6 nitrogen and oxygen atoms in total. The normalized spacial score (nSPS) is 11.7. The van der Waals surface area contributed by atoms with Crippen molar-refractivity contribution in [1.82, 2.24) is 19.5 Å². The van der Waals surface area contributed by atoms with E-state index in [1.165, 1.54) is 18.3 Å². The summed E-state index contributed by atoms with van der Waals surface area (Å²) < 4.78 is 27.9. The molecule has 8 heteroatoms. The van der Waals surface area contributed by atoms with Gasteiger partial charge in [0.1, 0.15) is 10.0 Å². The Kier molecular flexibility index (Phi) is 3.65. The molecule has 0 spiro atoms. The van der Waals surface area contributed by atoms with Crippen molar-refractivity contribution in [1.29, 1.82) is 0 Å². The average Bonchev–Trinajstić information content (AvgIpc) is 2.73. The number of aryl methyl sites for hydroxylation is 1. The van der Waals surface area contributed by atoms with Crippen molar-refractivity contribution in [3.05, 3.63) is 41.4 Å². The second kappa shape index (κ2) is 5.05. The molecule has 0 aromatic carbocycles. The first-order chi connectivity index (χ1) is 8.49. The topological polar surface area (TPSA) is 76.9 Å². The van der Waals surface area contributed by atoms with Crippen LogP contribution in [0.1, 0.15) is 5.69 Å². The molecular formula is C10H11ClN4O2S. The molecule has 2 aromatic heterocycles. The number of halogens is 1. The van der Waals surface area contributed by atoms with Gasteiger partial charge >= 0.3 is 0 Å². The fourth-order valence-electron chi connectivity index (χ4n) is 1.35. The first-order valence-corrected chi connectivity index (χ1v) is 6.93. The molecule has 18 heavy (non-hydrogen) atoms. The number of sulfonamides is 1. The molecule has 0 aliphatic carbocycles. The predicted octanol–water partition coefficient (Wildman–Crippen LogP) is 0.947. The second-order valence-electron chi connectivity index (χ2n) is 3.59. The maximum atomic E-state index is 11.9. The van der Waals surface area contributed by atoms with Gasteiger partial charge < -0.3 is 0 Å². The Balaban J connectivity index is 2.13. The lowest BCUT2D eigenvalue weighted by molar-refractivity contribution is 0.577. The SMILES string of the molecule is Cn1nccc1CNS(=O)(=O)c1ccc(Cl)nc1. The van der Waals surface area contributed by atoms with Gasteiger partial charge in [-0.3, -0.25) is 4.68 Å². The van der Waals surface area contributed by atoms with Crippen LogP contribution in [0.25, 0.3) is 0 Å². The molecule has 0 aliphatic heterocycles. The van der Waals surface area contributed by atoms with E-state index >= 15 is 0 Å². The summed E-state index contributed by atoms with van der Waals surface area (Å²) in [6.07, 6.45) is 2.82. The van der Waals surface area contributed by atoms with Gasteiger partial charge in [0.15, 0.2) is 0 Å². The molecule has 0 bridgehead atoms. The molecule has 2 aromatic rings. The van der Waals surface area contributed by atoms with Crippen LogP contribution in [0.2, 0.25) is 5.15 Å². The highest BCUT2D eigenvalue weighted by atomic mass is 35.5. The van der Waals surface area contributed by atoms with E-state index in [-0.39, 0.29) is 16.6 Å². The molecule has 0 radical (unpaired) electrons. The number of pyridine rings is 1. The number of nitrogens with one attached hydrogen (secondary N) is 1. The van der Waals surface area contributed by atoms with Crippen molar-refractivity contribution in [3.63, 3.8) is 0 Å². The molecule has 0 saturated carbocycles. The van der Waals surface area contributed by atoms with Gasteiger partial charge in [-0.05, 0) is 18.2 Å². The summed E-state index contributed by atoms with van der Waals surface area (Å²) in [6.45, 7) is 0.168. The molecule has 2 rings (SSSR count). The van der Waals surface area contributed by atoms with E-state index in [2.05, 4.69) is 14.8 Å². The van der Waals surface area contributed by atoms with E-state index < -0.39 is 10.0 Å². The maximum Gasteiger partial charge on any atom is 0.242 e. The van der Waals surface area contributed by atoms with Crippen LogP contribution in [0.15, 0.2) is 35.5 Å². The van der Waals surface area contributed by atoms with Crippen molar-refractivity contribution in [2.45, 2.75) is 11.4 Å². The number of nitrogens with zero attached hydrogens (tertiary/aromatic N) is 3. The largest absolute Gasteiger partial charge is 0.271 e. The molecule has 0 unspecified atom stereocenters. The standard InChI is InChI=1S/C10H11ClN4O2S/c1-15-8(4-5-13-15)6-14-18(16,17)9-2-3-10(11)12-7-9/h2-5,7,14H,6H2,1H3. The summed E-state index contributed by atoms with van der Waals surface area (Å²) in [5, 5.41) is 4.20. The van der Waals surface area contributed by atoms with Crippen LogP contribution < -0.4 is 4.72 Å². The lowest BCUT2D eigenvalue weighted by Gasteiger charge is -2.06. The van der Waals surface area contributed by atoms with Gasteiger partial charge in [0, 0.05) is 19.4 Å². The number of aromatic nitrogens is 3. The minimum absolute atomic E-state index is 0.0778. The molecule has 2 heterocycles. The van der Waals surface area contributed by atoms with Crippen LogP contribution in [0.4, 0.5) is 0 Å². The van der Waals surface area contributed by atoms with Crippen molar-refractivity contribution in [2.24, 2.45) is 7.05 Å². The zero-order chi connectivity index (χ0) is 13.2. The summed E-state index contributed by atoms with van der Waals surface area (Å²) >= 11 is 5.60. The van der Waals surface area contributed by atoms with E-state index in [0.717, 1.165) is 5.69 Å². The van der Waals surface area contributed by atoms with Crippen LogP contribution in [-0.4, -0.2) is 23.2 Å². The molecule has 0 fully saturated rings. The van der Waals surface area contributed by atoms with Gasteiger partial charge in [0.25, 0.3) is 0 Å². The van der Waals surface area contributed by atoms with Crippen LogP contribution >= 0.6 is 11.6 Å². The van der Waals surface area contributed by atoms with E-state index in [4.69, 9.17) is 11.6 Å². The van der Waals surface area contributed by atoms with Crippen LogP contribution in [0.3, 0.4) is 0 Å². The Labute approximate surface area is 110 Å². The van der Waals surface area contributed by atoms with E-state index in [1.807, 2.05) is 0 Å². The Morgan fingerprint density at radius 3 is 2.72 bits per heavy atom. The summed E-state index contributed by atoms with van der Waals surface area (Å²) in [5.74, 6) is 0. The van der Waals surface area contributed by atoms with Gasteiger partial charge in [-0.2, -0.15) is 5.10 Å². The average molecular weight is 287 g/mol. The molecule has 0 aliphatic rings. The first-order valence-electron chi connectivity index (χ1n) is 5.07. The van der Waals surface area contributed by atoms with Crippen LogP contribution in [0.5, 0.6) is 0 Å². The highest BCUT2D eigenvalue weighted by Gasteiger charge is 2.14. The summed E-state index contributed by atoms with van der Waals surface area (Å²) in [5.41, 5.74) is 0.764. The zero-order valence-corrected chi connectivity index (χ0v) is 11.1. The third kappa shape index (κ3) is 2.87. The molecular weight excluding hydrogens is 276 g/mol. The summed E-state index contributed by atoms with van der Waals surface area (Å²) in [4.78, 5) is 3.81. The van der Waals surface area contributed by atoms with Crippen LogP contribution in [-0.2, 0) is 23.6 Å². The Morgan fingerprint density at radius 2 is 2.17 bits per heavy atom. The third-order valence-corrected chi connectivity index (χ3v) is 3.99. The summed E-state index contributed by atoms with van der Waals surface area (Å²) in [7, 11) is -1.84. The quantitative estimate of drug-likeness (QED) is 0.849. The first kappa shape index (κ1) is 13.0. The van der Waals surface area contributed by atoms with Gasteiger partial charge in [-0.1, -0.05) is 11.6 Å². The fraction of sp³-hybridized carbons (Fsp3) is 0.200. The lowest BCUT2D eigenvalue weighted by atomic mass is 10.4. The van der Waals surface area contributed by atoms with Crippen molar-refractivity contribution in [2.75, 3.05) is 0 Å². The maximum absolute atomic E-state index is 11.9. The Hall–Kier alpha value is -1.44. The second-order valence-corrected chi connectivity index (χ2v) is 5.74. The third-order valence-electron chi connectivity index (χ3n) is 2.38. The number of hydrogen-bond donors (Lipinski definition) is 1. The monoisotopic (exact) mass is 286 g/mol. The smallest absolute Gasteiger partial charge is 0.242 e. The highest BCUT2D eigenvalue weighted by molar-refractivity contribution is 7.89. The van der Waals surface area contributed by atoms with E-state index in [0.29, 0.717) is 0 Å². The molecule has 0 saturated heterocycles. The van der Waals surface area contributed by atoms with Crippen LogP contribution in [0, 0.1) is 0 Å². The van der Waals surface area contributed by atoms with E-state index in [9.17, 15) is 8.42 Å².